The van der Waals surface area contributed by atoms with Gasteiger partial charge in [-0.3, -0.25) is 4.79 Å². The first-order valence-corrected chi connectivity index (χ1v) is 7.79. The van der Waals surface area contributed by atoms with Crippen LogP contribution in [0.15, 0.2) is 6.20 Å². The highest BCUT2D eigenvalue weighted by atomic mass is 32.1. The Hall–Kier alpha value is -1.63. The van der Waals surface area contributed by atoms with Gasteiger partial charge in [0.05, 0.1) is 0 Å². The Morgan fingerprint density at radius 2 is 2.05 bits per heavy atom. The lowest BCUT2D eigenvalue weighted by Gasteiger charge is -2.26. The fraction of sp³-hybridized carbons (Fsp3) is 0.643. The number of carbonyl (C=O) groups excluding carboxylic acids is 2. The van der Waals surface area contributed by atoms with Crippen LogP contribution < -0.4 is 5.32 Å². The fourth-order valence-electron chi connectivity index (χ4n) is 1.68. The monoisotopic (exact) mass is 312 g/mol. The molecule has 1 rings (SSSR count). The highest BCUT2D eigenvalue weighted by molar-refractivity contribution is 7.15. The normalized spacial score (nSPS) is 10.6. The van der Waals surface area contributed by atoms with E-state index in [0.717, 1.165) is 11.3 Å². The highest BCUT2D eigenvalue weighted by Gasteiger charge is 2.19. The van der Waals surface area contributed by atoms with Gasteiger partial charge in [-0.15, -0.1) is 11.3 Å². The molecule has 0 spiro atoms. The van der Waals surface area contributed by atoms with Crippen LogP contribution in [-0.4, -0.2) is 53.9 Å². The van der Waals surface area contributed by atoms with E-state index in [1.54, 1.807) is 25.2 Å². The molecular formula is C14H24N4O2S. The molecule has 1 aromatic rings. The number of hydrogen-bond acceptors (Lipinski definition) is 4. The van der Waals surface area contributed by atoms with E-state index in [4.69, 9.17) is 0 Å². The number of nitrogens with zero attached hydrogens (tertiary/aromatic N) is 3. The minimum Gasteiger partial charge on any atom is -0.331 e. The first kappa shape index (κ1) is 17.4. The van der Waals surface area contributed by atoms with Crippen LogP contribution in [-0.2, 0) is 4.79 Å². The second kappa shape index (κ2) is 7.97. The topological polar surface area (TPSA) is 65.5 Å². The molecule has 0 radical (unpaired) electrons. The van der Waals surface area contributed by atoms with Gasteiger partial charge < -0.3 is 15.1 Å². The van der Waals surface area contributed by atoms with Crippen molar-refractivity contribution in [2.75, 3.05) is 32.5 Å². The summed E-state index contributed by atoms with van der Waals surface area (Å²) in [6.45, 7) is 6.73. The van der Waals surface area contributed by atoms with Crippen molar-refractivity contribution in [3.8, 4) is 0 Å². The number of carbonyl (C=O) groups is 2. The minimum atomic E-state index is -0.219. The van der Waals surface area contributed by atoms with Crippen molar-refractivity contribution in [1.82, 2.24) is 14.8 Å². The summed E-state index contributed by atoms with van der Waals surface area (Å²) in [6, 6.07) is -0.152. The van der Waals surface area contributed by atoms with Gasteiger partial charge in [0.25, 0.3) is 0 Å². The van der Waals surface area contributed by atoms with Crippen LogP contribution in [0.3, 0.4) is 0 Å². The smallest absolute Gasteiger partial charge is 0.319 e. The summed E-state index contributed by atoms with van der Waals surface area (Å²) in [4.78, 5) is 32.3. The van der Waals surface area contributed by atoms with Gasteiger partial charge >= 0.3 is 6.03 Å². The van der Waals surface area contributed by atoms with E-state index in [1.807, 2.05) is 6.92 Å². The lowest BCUT2D eigenvalue weighted by Crippen LogP contribution is -2.44. The van der Waals surface area contributed by atoms with E-state index in [9.17, 15) is 9.59 Å². The summed E-state index contributed by atoms with van der Waals surface area (Å²) in [5, 5.41) is 3.30. The largest absolute Gasteiger partial charge is 0.331 e. The summed E-state index contributed by atoms with van der Waals surface area (Å²) >= 11 is 1.42. The number of hydrogen-bond donors (Lipinski definition) is 1. The van der Waals surface area contributed by atoms with Crippen molar-refractivity contribution >= 4 is 28.4 Å². The van der Waals surface area contributed by atoms with Gasteiger partial charge in [-0.25, -0.2) is 9.78 Å². The summed E-state index contributed by atoms with van der Waals surface area (Å²) < 4.78 is 0. The summed E-state index contributed by atoms with van der Waals surface area (Å²) in [6.07, 6.45) is 2.57. The van der Waals surface area contributed by atoms with Gasteiger partial charge in [-0.2, -0.15) is 0 Å². The zero-order valence-electron chi connectivity index (χ0n) is 13.3. The molecule has 3 amide bonds. The molecule has 0 bridgehead atoms. The molecule has 118 valence electrons. The molecule has 21 heavy (non-hydrogen) atoms. The molecule has 6 nitrogen and oxygen atoms in total. The molecule has 1 N–H and O–H groups in total. The lowest BCUT2D eigenvalue weighted by atomic mass is 10.1. The zero-order chi connectivity index (χ0) is 16.0. The third kappa shape index (κ3) is 6.12. The fourth-order valence-corrected chi connectivity index (χ4v) is 2.36. The van der Waals surface area contributed by atoms with Crippen LogP contribution in [0, 0.1) is 12.8 Å². The molecule has 7 heteroatoms. The maximum absolute atomic E-state index is 12.1. The number of aryl methyl sites for hydroxylation is 1. The number of aromatic nitrogens is 1. The van der Waals surface area contributed by atoms with Crippen molar-refractivity contribution in [3.63, 3.8) is 0 Å². The number of amides is 3. The summed E-state index contributed by atoms with van der Waals surface area (Å²) in [5.41, 5.74) is 0. The summed E-state index contributed by atoms with van der Waals surface area (Å²) in [5.74, 6) is 0.260. The summed E-state index contributed by atoms with van der Waals surface area (Å²) in [7, 11) is 3.37. The lowest BCUT2D eigenvalue weighted by molar-refractivity contribution is -0.116. The molecule has 0 fully saturated rings. The van der Waals surface area contributed by atoms with Gasteiger partial charge in [0.2, 0.25) is 5.91 Å². The van der Waals surface area contributed by atoms with E-state index < -0.39 is 0 Å². The van der Waals surface area contributed by atoms with E-state index >= 15 is 0 Å². The molecule has 1 heterocycles. The Balaban J connectivity index is 2.61. The highest BCUT2D eigenvalue weighted by Crippen LogP contribution is 2.16. The number of urea groups is 1. The van der Waals surface area contributed by atoms with Crippen molar-refractivity contribution in [2.45, 2.75) is 27.2 Å². The van der Waals surface area contributed by atoms with Crippen molar-refractivity contribution in [2.24, 2.45) is 5.92 Å². The molecule has 0 aromatic carbocycles. The zero-order valence-corrected chi connectivity index (χ0v) is 14.2. The van der Waals surface area contributed by atoms with Gasteiger partial charge in [0.15, 0.2) is 5.13 Å². The standard InChI is InChI=1S/C14H24N4O2S/c1-10(2)6-7-18(14(20)17(4)5)9-12(19)16-13-15-8-11(3)21-13/h8,10H,6-7,9H2,1-5H3,(H,15,16,19). The van der Waals surface area contributed by atoms with E-state index in [-0.39, 0.29) is 18.5 Å². The average molecular weight is 312 g/mol. The van der Waals surface area contributed by atoms with Crippen LogP contribution in [0.25, 0.3) is 0 Å². The third-order valence-electron chi connectivity index (χ3n) is 2.83. The minimum absolute atomic E-state index is 0.0440. The van der Waals surface area contributed by atoms with Crippen LogP contribution in [0.2, 0.25) is 0 Å². The Bertz CT molecular complexity index is 485. The third-order valence-corrected chi connectivity index (χ3v) is 3.66. The average Bonchev–Trinajstić information content (AvgIpc) is 2.78. The van der Waals surface area contributed by atoms with Crippen LogP contribution in [0.4, 0.5) is 9.93 Å². The Kier molecular flexibility index (Phi) is 6.61. The first-order chi connectivity index (χ1) is 9.79. The Labute approximate surface area is 130 Å². The molecule has 0 atom stereocenters. The van der Waals surface area contributed by atoms with Crippen molar-refractivity contribution in [3.05, 3.63) is 11.1 Å². The molecule has 0 saturated carbocycles. The van der Waals surface area contributed by atoms with E-state index in [2.05, 4.69) is 24.1 Å². The molecule has 0 aliphatic heterocycles. The van der Waals surface area contributed by atoms with Gasteiger partial charge in [-0.05, 0) is 19.3 Å². The van der Waals surface area contributed by atoms with Gasteiger partial charge in [0.1, 0.15) is 6.54 Å². The maximum Gasteiger partial charge on any atom is 0.319 e. The van der Waals surface area contributed by atoms with Crippen molar-refractivity contribution < 1.29 is 9.59 Å². The second-order valence-corrected chi connectivity index (χ2v) is 6.84. The molecule has 0 unspecified atom stereocenters. The van der Waals surface area contributed by atoms with E-state index in [0.29, 0.717) is 17.6 Å². The van der Waals surface area contributed by atoms with Crippen LogP contribution in [0.5, 0.6) is 0 Å². The Morgan fingerprint density at radius 3 is 2.52 bits per heavy atom. The SMILES string of the molecule is Cc1cnc(NC(=O)CN(CCC(C)C)C(=O)N(C)C)s1. The van der Waals surface area contributed by atoms with Crippen LogP contribution >= 0.6 is 11.3 Å². The molecule has 0 saturated heterocycles. The number of anilines is 1. The Morgan fingerprint density at radius 1 is 1.38 bits per heavy atom. The first-order valence-electron chi connectivity index (χ1n) is 6.98. The second-order valence-electron chi connectivity index (χ2n) is 5.61. The number of nitrogens with one attached hydrogen (secondary N) is 1. The molecule has 0 aliphatic rings. The number of thiazole rings is 1. The molecule has 1 aromatic heterocycles. The quantitative estimate of drug-likeness (QED) is 0.877. The van der Waals surface area contributed by atoms with Crippen LogP contribution in [0.1, 0.15) is 25.1 Å². The van der Waals surface area contributed by atoms with Crippen molar-refractivity contribution in [1.29, 1.82) is 0 Å². The maximum atomic E-state index is 12.1. The van der Waals surface area contributed by atoms with Gasteiger partial charge in [0, 0.05) is 31.7 Å². The van der Waals surface area contributed by atoms with E-state index in [1.165, 1.54) is 16.2 Å². The predicted octanol–water partition coefficient (Wildman–Crippen LogP) is 2.42. The van der Waals surface area contributed by atoms with Gasteiger partial charge in [-0.1, -0.05) is 13.8 Å². The molecule has 0 aliphatic carbocycles. The number of rotatable bonds is 6. The predicted molar refractivity (Wildman–Crippen MR) is 85.6 cm³/mol. The molecular weight excluding hydrogens is 288 g/mol.